The number of benzene rings is 1. The summed E-state index contributed by atoms with van der Waals surface area (Å²) in [7, 11) is -3.64. The van der Waals surface area contributed by atoms with Crippen molar-refractivity contribution in [2.75, 3.05) is 12.4 Å². The second kappa shape index (κ2) is 7.04. The van der Waals surface area contributed by atoms with Gasteiger partial charge in [0.2, 0.25) is 15.9 Å². The third-order valence-electron chi connectivity index (χ3n) is 3.56. The summed E-state index contributed by atoms with van der Waals surface area (Å²) in [5, 5.41) is 0. The van der Waals surface area contributed by atoms with Crippen LogP contribution in [0.1, 0.15) is 30.4 Å². The Labute approximate surface area is 125 Å². The fourth-order valence-corrected chi connectivity index (χ4v) is 3.67. The SMILES string of the molecule is Cc1ccccc1CC(=O)NS(=O)(=O)C[C@H]1CCCCO1. The minimum atomic E-state index is -3.64. The number of nitrogens with one attached hydrogen (secondary N) is 1. The highest BCUT2D eigenvalue weighted by atomic mass is 32.2. The van der Waals surface area contributed by atoms with Crippen LogP contribution < -0.4 is 4.72 Å². The molecule has 5 nitrogen and oxygen atoms in total. The van der Waals surface area contributed by atoms with E-state index >= 15 is 0 Å². The minimum absolute atomic E-state index is 0.0669. The molecule has 1 fully saturated rings. The van der Waals surface area contributed by atoms with E-state index in [4.69, 9.17) is 4.74 Å². The van der Waals surface area contributed by atoms with Crippen LogP contribution in [0.3, 0.4) is 0 Å². The van der Waals surface area contributed by atoms with Crippen LogP contribution in [-0.2, 0) is 26.0 Å². The highest BCUT2D eigenvalue weighted by Crippen LogP contribution is 2.14. The van der Waals surface area contributed by atoms with Crippen molar-refractivity contribution in [3.63, 3.8) is 0 Å². The van der Waals surface area contributed by atoms with E-state index in [2.05, 4.69) is 4.72 Å². The molecule has 0 aliphatic carbocycles. The van der Waals surface area contributed by atoms with Gasteiger partial charge in [-0.05, 0) is 37.3 Å². The van der Waals surface area contributed by atoms with Crippen LogP contribution >= 0.6 is 0 Å². The van der Waals surface area contributed by atoms with Gasteiger partial charge < -0.3 is 4.74 Å². The molecule has 1 aromatic carbocycles. The zero-order valence-electron chi connectivity index (χ0n) is 12.2. The highest BCUT2D eigenvalue weighted by Gasteiger charge is 2.23. The number of rotatable bonds is 5. The molecule has 21 heavy (non-hydrogen) atoms. The van der Waals surface area contributed by atoms with Gasteiger partial charge in [-0.25, -0.2) is 8.42 Å². The molecule has 1 heterocycles. The predicted molar refractivity (Wildman–Crippen MR) is 80.4 cm³/mol. The van der Waals surface area contributed by atoms with Gasteiger partial charge in [0, 0.05) is 6.61 Å². The smallest absolute Gasteiger partial charge is 0.237 e. The Morgan fingerprint density at radius 1 is 1.33 bits per heavy atom. The first kappa shape index (κ1) is 16.0. The van der Waals surface area contributed by atoms with Crippen LogP contribution in [0.2, 0.25) is 0 Å². The van der Waals surface area contributed by atoms with E-state index in [1.165, 1.54) is 0 Å². The van der Waals surface area contributed by atoms with Gasteiger partial charge in [-0.2, -0.15) is 0 Å². The maximum absolute atomic E-state index is 12.0. The fraction of sp³-hybridized carbons (Fsp3) is 0.533. The van der Waals surface area contributed by atoms with E-state index in [-0.39, 0.29) is 18.3 Å². The quantitative estimate of drug-likeness (QED) is 0.895. The first-order valence-electron chi connectivity index (χ1n) is 7.16. The zero-order valence-corrected chi connectivity index (χ0v) is 13.0. The fourth-order valence-electron chi connectivity index (χ4n) is 2.42. The van der Waals surface area contributed by atoms with E-state index in [1.54, 1.807) is 0 Å². The van der Waals surface area contributed by atoms with E-state index < -0.39 is 15.9 Å². The van der Waals surface area contributed by atoms with Crippen LogP contribution in [0.25, 0.3) is 0 Å². The van der Waals surface area contributed by atoms with Crippen LogP contribution in [-0.4, -0.2) is 32.8 Å². The highest BCUT2D eigenvalue weighted by molar-refractivity contribution is 7.90. The Morgan fingerprint density at radius 2 is 2.10 bits per heavy atom. The molecule has 2 rings (SSSR count). The van der Waals surface area contributed by atoms with Crippen molar-refractivity contribution in [3.8, 4) is 0 Å². The Bertz CT molecular complexity index is 591. The normalized spacial score (nSPS) is 19.2. The van der Waals surface area contributed by atoms with Crippen LogP contribution in [0.4, 0.5) is 0 Å². The molecule has 1 aliphatic heterocycles. The molecular formula is C15H21NO4S. The summed E-state index contributed by atoms with van der Waals surface area (Å²) >= 11 is 0. The summed E-state index contributed by atoms with van der Waals surface area (Å²) in [6.07, 6.45) is 2.43. The molecule has 0 saturated carbocycles. The predicted octanol–water partition coefficient (Wildman–Crippen LogP) is 1.55. The van der Waals surface area contributed by atoms with Crippen molar-refractivity contribution in [1.29, 1.82) is 0 Å². The number of ether oxygens (including phenoxy) is 1. The maximum atomic E-state index is 12.0. The molecule has 1 saturated heterocycles. The zero-order chi connectivity index (χ0) is 15.3. The average molecular weight is 311 g/mol. The lowest BCUT2D eigenvalue weighted by molar-refractivity contribution is -0.118. The van der Waals surface area contributed by atoms with E-state index in [0.717, 1.165) is 30.4 Å². The summed E-state index contributed by atoms with van der Waals surface area (Å²) < 4.78 is 31.5. The molecule has 0 spiro atoms. The van der Waals surface area contributed by atoms with Crippen LogP contribution in [0.15, 0.2) is 24.3 Å². The summed E-state index contributed by atoms with van der Waals surface area (Å²) in [4.78, 5) is 11.9. The van der Waals surface area contributed by atoms with Gasteiger partial charge in [0.1, 0.15) is 0 Å². The number of carbonyl (C=O) groups is 1. The topological polar surface area (TPSA) is 72.5 Å². The van der Waals surface area contributed by atoms with E-state index in [9.17, 15) is 13.2 Å². The largest absolute Gasteiger partial charge is 0.377 e. The molecule has 1 amide bonds. The molecule has 1 N–H and O–H groups in total. The molecule has 1 aromatic rings. The van der Waals surface area contributed by atoms with Crippen molar-refractivity contribution >= 4 is 15.9 Å². The Balaban J connectivity index is 1.90. The first-order chi connectivity index (χ1) is 9.96. The third-order valence-corrected chi connectivity index (χ3v) is 4.91. The minimum Gasteiger partial charge on any atom is -0.377 e. The average Bonchev–Trinajstić information content (AvgIpc) is 2.41. The summed E-state index contributed by atoms with van der Waals surface area (Å²) in [6, 6.07) is 7.44. The van der Waals surface area contributed by atoms with Crippen LogP contribution in [0, 0.1) is 6.92 Å². The van der Waals surface area contributed by atoms with Crippen LogP contribution in [0.5, 0.6) is 0 Å². The van der Waals surface area contributed by atoms with Gasteiger partial charge in [0.15, 0.2) is 0 Å². The number of sulfonamides is 1. The summed E-state index contributed by atoms with van der Waals surface area (Å²) in [6.45, 7) is 2.49. The lowest BCUT2D eigenvalue weighted by Crippen LogP contribution is -2.38. The molecule has 0 unspecified atom stereocenters. The number of aryl methyl sites for hydroxylation is 1. The lowest BCUT2D eigenvalue weighted by atomic mass is 10.1. The second-order valence-electron chi connectivity index (χ2n) is 5.40. The Hall–Kier alpha value is -1.40. The number of amides is 1. The molecule has 1 atom stereocenters. The number of hydrogen-bond donors (Lipinski definition) is 1. The van der Waals surface area contributed by atoms with Gasteiger partial charge in [0.05, 0.1) is 18.3 Å². The summed E-state index contributed by atoms with van der Waals surface area (Å²) in [5.74, 6) is -0.646. The standard InChI is InChI=1S/C15H21NO4S/c1-12-6-2-3-7-13(12)10-15(17)16-21(18,19)11-14-8-4-5-9-20-14/h2-3,6-7,14H,4-5,8-11H2,1H3,(H,16,17)/t14-/m1/s1. The third kappa shape index (κ3) is 5.13. The lowest BCUT2D eigenvalue weighted by Gasteiger charge is -2.22. The van der Waals surface area contributed by atoms with Crippen molar-refractivity contribution < 1.29 is 17.9 Å². The summed E-state index contributed by atoms with van der Waals surface area (Å²) in [5.41, 5.74) is 1.81. The second-order valence-corrected chi connectivity index (χ2v) is 7.17. The van der Waals surface area contributed by atoms with Gasteiger partial charge >= 0.3 is 0 Å². The van der Waals surface area contributed by atoms with Crippen molar-refractivity contribution in [3.05, 3.63) is 35.4 Å². The Morgan fingerprint density at radius 3 is 2.76 bits per heavy atom. The molecule has 0 aromatic heterocycles. The number of carbonyl (C=O) groups excluding carboxylic acids is 1. The molecule has 6 heteroatoms. The molecular weight excluding hydrogens is 290 g/mol. The molecule has 0 radical (unpaired) electrons. The number of hydrogen-bond acceptors (Lipinski definition) is 4. The van der Waals surface area contributed by atoms with Gasteiger partial charge in [-0.15, -0.1) is 0 Å². The van der Waals surface area contributed by atoms with Gasteiger partial charge in [-0.3, -0.25) is 9.52 Å². The maximum Gasteiger partial charge on any atom is 0.237 e. The molecule has 0 bridgehead atoms. The van der Waals surface area contributed by atoms with E-state index in [0.29, 0.717) is 6.61 Å². The monoisotopic (exact) mass is 311 g/mol. The van der Waals surface area contributed by atoms with Gasteiger partial charge in [0.25, 0.3) is 0 Å². The molecule has 116 valence electrons. The first-order valence-corrected chi connectivity index (χ1v) is 8.81. The molecule has 1 aliphatic rings. The van der Waals surface area contributed by atoms with Gasteiger partial charge in [-0.1, -0.05) is 24.3 Å². The van der Waals surface area contributed by atoms with Crippen molar-refractivity contribution in [2.24, 2.45) is 0 Å². The Kier molecular flexibility index (Phi) is 5.36. The van der Waals surface area contributed by atoms with Crippen molar-refractivity contribution in [2.45, 2.75) is 38.7 Å². The van der Waals surface area contributed by atoms with Crippen molar-refractivity contribution in [1.82, 2.24) is 4.72 Å². The van der Waals surface area contributed by atoms with E-state index in [1.807, 2.05) is 31.2 Å².